The molecule has 124 valence electrons. The van der Waals surface area contributed by atoms with Gasteiger partial charge in [-0.1, -0.05) is 6.92 Å². The zero-order valence-corrected chi connectivity index (χ0v) is 14.6. The SMILES string of the molecule is CC[C@H]1COCCN1c1cc(CS(=O)(=O)N(C)C)nc(Cl)n1. The normalized spacial score (nSPS) is 19.7. The third kappa shape index (κ3) is 4.07. The van der Waals surface area contributed by atoms with Gasteiger partial charge in [-0.15, -0.1) is 0 Å². The van der Waals surface area contributed by atoms with E-state index in [-0.39, 0.29) is 17.1 Å². The van der Waals surface area contributed by atoms with Crippen molar-refractivity contribution in [3.05, 3.63) is 17.0 Å². The summed E-state index contributed by atoms with van der Waals surface area (Å²) in [4.78, 5) is 10.4. The minimum Gasteiger partial charge on any atom is -0.377 e. The number of ether oxygens (including phenoxy) is 1. The highest BCUT2D eigenvalue weighted by Crippen LogP contribution is 2.22. The molecule has 2 rings (SSSR count). The Morgan fingerprint density at radius 3 is 2.82 bits per heavy atom. The number of hydrogen-bond acceptors (Lipinski definition) is 6. The second-order valence-electron chi connectivity index (χ2n) is 5.36. The average Bonchev–Trinajstić information content (AvgIpc) is 2.46. The summed E-state index contributed by atoms with van der Waals surface area (Å²) in [5.74, 6) is 0.454. The molecular formula is C13H21ClN4O3S. The van der Waals surface area contributed by atoms with Crippen LogP contribution in [-0.4, -0.2) is 62.6 Å². The highest BCUT2D eigenvalue weighted by molar-refractivity contribution is 7.88. The molecule has 1 aliphatic rings. The van der Waals surface area contributed by atoms with Gasteiger partial charge >= 0.3 is 0 Å². The van der Waals surface area contributed by atoms with Gasteiger partial charge in [-0.3, -0.25) is 0 Å². The van der Waals surface area contributed by atoms with Crippen LogP contribution in [0.1, 0.15) is 19.0 Å². The number of nitrogens with zero attached hydrogens (tertiary/aromatic N) is 4. The molecule has 1 aromatic rings. The van der Waals surface area contributed by atoms with Crippen LogP contribution in [0.25, 0.3) is 0 Å². The van der Waals surface area contributed by atoms with E-state index < -0.39 is 10.0 Å². The fraction of sp³-hybridized carbons (Fsp3) is 0.692. The van der Waals surface area contributed by atoms with Crippen LogP contribution in [0.3, 0.4) is 0 Å². The van der Waals surface area contributed by atoms with Crippen molar-refractivity contribution in [1.82, 2.24) is 14.3 Å². The molecule has 1 saturated heterocycles. The van der Waals surface area contributed by atoms with E-state index in [1.54, 1.807) is 6.07 Å². The molecular weight excluding hydrogens is 328 g/mol. The minimum atomic E-state index is -3.39. The highest BCUT2D eigenvalue weighted by Gasteiger charge is 2.24. The topological polar surface area (TPSA) is 75.6 Å². The van der Waals surface area contributed by atoms with Gasteiger partial charge in [0.25, 0.3) is 0 Å². The standard InChI is InChI=1S/C13H21ClN4O3S/c1-4-11-8-21-6-5-18(11)12-7-10(15-13(14)16-12)9-22(19,20)17(2)3/h7,11H,4-6,8-9H2,1-3H3/t11-/m0/s1. The van der Waals surface area contributed by atoms with E-state index >= 15 is 0 Å². The molecule has 1 aliphatic heterocycles. The third-order valence-corrected chi connectivity index (χ3v) is 5.56. The van der Waals surface area contributed by atoms with Crippen LogP contribution in [0, 0.1) is 0 Å². The zero-order valence-electron chi connectivity index (χ0n) is 13.0. The molecule has 1 fully saturated rings. The van der Waals surface area contributed by atoms with Crippen molar-refractivity contribution in [3.63, 3.8) is 0 Å². The van der Waals surface area contributed by atoms with Crippen molar-refractivity contribution in [2.45, 2.75) is 25.1 Å². The van der Waals surface area contributed by atoms with Crippen molar-refractivity contribution >= 4 is 27.4 Å². The quantitative estimate of drug-likeness (QED) is 0.743. The lowest BCUT2D eigenvalue weighted by molar-refractivity contribution is 0.0925. The first kappa shape index (κ1) is 17.4. The molecule has 0 bridgehead atoms. The van der Waals surface area contributed by atoms with Gasteiger partial charge in [0.1, 0.15) is 11.6 Å². The second-order valence-corrected chi connectivity index (χ2v) is 7.88. The predicted molar refractivity (Wildman–Crippen MR) is 85.6 cm³/mol. The molecule has 1 aromatic heterocycles. The molecule has 7 nitrogen and oxygen atoms in total. The highest BCUT2D eigenvalue weighted by atomic mass is 35.5. The van der Waals surface area contributed by atoms with Crippen LogP contribution >= 0.6 is 11.6 Å². The Balaban J connectivity index is 2.30. The van der Waals surface area contributed by atoms with Crippen molar-refractivity contribution in [2.24, 2.45) is 0 Å². The van der Waals surface area contributed by atoms with E-state index in [0.29, 0.717) is 31.3 Å². The summed E-state index contributed by atoms with van der Waals surface area (Å²) >= 11 is 5.98. The number of halogens is 1. The summed E-state index contributed by atoms with van der Waals surface area (Å²) in [6.07, 6.45) is 0.910. The van der Waals surface area contributed by atoms with Gasteiger partial charge in [0.15, 0.2) is 0 Å². The van der Waals surface area contributed by atoms with Gasteiger partial charge in [-0.2, -0.15) is 0 Å². The second kappa shape index (κ2) is 7.08. The summed E-state index contributed by atoms with van der Waals surface area (Å²) in [5, 5.41) is 0.0581. The van der Waals surface area contributed by atoms with Crippen molar-refractivity contribution in [1.29, 1.82) is 0 Å². The van der Waals surface area contributed by atoms with Gasteiger partial charge in [-0.25, -0.2) is 22.7 Å². The van der Waals surface area contributed by atoms with E-state index in [0.717, 1.165) is 6.42 Å². The molecule has 0 unspecified atom stereocenters. The molecule has 0 N–H and O–H groups in total. The summed E-state index contributed by atoms with van der Waals surface area (Å²) in [5.41, 5.74) is 0.394. The van der Waals surface area contributed by atoms with E-state index in [9.17, 15) is 8.42 Å². The summed E-state index contributed by atoms with van der Waals surface area (Å²) in [6.45, 7) is 4.02. The number of sulfonamides is 1. The Hall–Kier alpha value is -0.960. The Bertz CT molecular complexity index is 624. The molecule has 0 radical (unpaired) electrons. The Labute approximate surface area is 136 Å². The van der Waals surface area contributed by atoms with E-state index in [2.05, 4.69) is 21.8 Å². The van der Waals surface area contributed by atoms with Crippen LogP contribution in [0.5, 0.6) is 0 Å². The zero-order chi connectivity index (χ0) is 16.3. The van der Waals surface area contributed by atoms with Gasteiger partial charge < -0.3 is 9.64 Å². The van der Waals surface area contributed by atoms with Crippen LogP contribution in [-0.2, 0) is 20.5 Å². The molecule has 0 saturated carbocycles. The number of morpholine rings is 1. The largest absolute Gasteiger partial charge is 0.377 e. The third-order valence-electron chi connectivity index (χ3n) is 3.62. The minimum absolute atomic E-state index is 0.0581. The molecule has 9 heteroatoms. The Kier molecular flexibility index (Phi) is 5.60. The van der Waals surface area contributed by atoms with Crippen LogP contribution < -0.4 is 4.90 Å². The fourth-order valence-corrected chi connectivity index (χ4v) is 3.26. The summed E-state index contributed by atoms with van der Waals surface area (Å²) in [6, 6.07) is 1.90. The van der Waals surface area contributed by atoms with Crippen LogP contribution in [0.2, 0.25) is 5.28 Å². The average molecular weight is 349 g/mol. The van der Waals surface area contributed by atoms with Gasteiger partial charge in [0, 0.05) is 26.7 Å². The monoisotopic (exact) mass is 348 g/mol. The molecule has 2 heterocycles. The van der Waals surface area contributed by atoms with Crippen molar-refractivity contribution < 1.29 is 13.2 Å². The maximum absolute atomic E-state index is 12.0. The van der Waals surface area contributed by atoms with Crippen LogP contribution in [0.4, 0.5) is 5.82 Å². The number of aromatic nitrogens is 2. The molecule has 0 aromatic carbocycles. The number of anilines is 1. The van der Waals surface area contributed by atoms with Gasteiger partial charge in [0.2, 0.25) is 15.3 Å². The Morgan fingerprint density at radius 2 is 2.18 bits per heavy atom. The maximum atomic E-state index is 12.0. The lowest BCUT2D eigenvalue weighted by Gasteiger charge is -2.36. The van der Waals surface area contributed by atoms with E-state index in [1.807, 2.05) is 0 Å². The fourth-order valence-electron chi connectivity index (χ4n) is 2.28. The molecule has 0 amide bonds. The van der Waals surface area contributed by atoms with Gasteiger partial charge in [0.05, 0.1) is 24.9 Å². The smallest absolute Gasteiger partial charge is 0.224 e. The molecule has 0 spiro atoms. The summed E-state index contributed by atoms with van der Waals surface area (Å²) in [7, 11) is -0.405. The van der Waals surface area contributed by atoms with Crippen molar-refractivity contribution in [2.75, 3.05) is 38.8 Å². The molecule has 1 atom stereocenters. The lowest BCUT2D eigenvalue weighted by Crippen LogP contribution is -2.45. The Morgan fingerprint density at radius 1 is 1.45 bits per heavy atom. The van der Waals surface area contributed by atoms with Gasteiger partial charge in [-0.05, 0) is 18.0 Å². The lowest BCUT2D eigenvalue weighted by atomic mass is 10.2. The summed E-state index contributed by atoms with van der Waals surface area (Å²) < 4.78 is 30.7. The molecule has 0 aliphatic carbocycles. The first-order chi connectivity index (χ1) is 10.3. The molecule has 22 heavy (non-hydrogen) atoms. The van der Waals surface area contributed by atoms with E-state index in [1.165, 1.54) is 18.4 Å². The first-order valence-electron chi connectivity index (χ1n) is 7.11. The predicted octanol–water partition coefficient (Wildman–Crippen LogP) is 1.14. The number of hydrogen-bond donors (Lipinski definition) is 0. The maximum Gasteiger partial charge on any atom is 0.224 e. The van der Waals surface area contributed by atoms with E-state index in [4.69, 9.17) is 16.3 Å². The first-order valence-corrected chi connectivity index (χ1v) is 9.10. The van der Waals surface area contributed by atoms with Crippen molar-refractivity contribution in [3.8, 4) is 0 Å². The van der Waals surface area contributed by atoms with Crippen LogP contribution in [0.15, 0.2) is 6.07 Å². The number of rotatable bonds is 5.